The van der Waals surface area contributed by atoms with Crippen molar-refractivity contribution in [2.75, 3.05) is 20.1 Å². The van der Waals surface area contributed by atoms with Crippen molar-refractivity contribution in [3.8, 4) is 0 Å². The van der Waals surface area contributed by atoms with Crippen LogP contribution >= 0.6 is 23.4 Å². The number of piperidine rings is 1. The predicted octanol–water partition coefficient (Wildman–Crippen LogP) is 2.71. The van der Waals surface area contributed by atoms with Gasteiger partial charge in [0.2, 0.25) is 0 Å². The summed E-state index contributed by atoms with van der Waals surface area (Å²) in [4.78, 5) is 17.9. The first-order chi connectivity index (χ1) is 9.54. The first kappa shape index (κ1) is 14.0. The molecule has 0 unspecified atom stereocenters. The minimum atomic E-state index is -0.0995. The van der Waals surface area contributed by atoms with Gasteiger partial charge < -0.3 is 9.88 Å². The zero-order valence-corrected chi connectivity index (χ0v) is 13.2. The number of rotatable bonds is 2. The predicted molar refractivity (Wildman–Crippen MR) is 84.9 cm³/mol. The molecule has 4 nitrogen and oxygen atoms in total. The molecule has 108 valence electrons. The molecule has 3 rings (SSSR count). The van der Waals surface area contributed by atoms with Crippen LogP contribution in [0.4, 0.5) is 0 Å². The fourth-order valence-corrected chi connectivity index (χ4v) is 4.06. The molecule has 6 heteroatoms. The van der Waals surface area contributed by atoms with Crippen molar-refractivity contribution in [2.45, 2.75) is 23.0 Å². The van der Waals surface area contributed by atoms with Gasteiger partial charge in [-0.3, -0.25) is 4.57 Å². The molecular formula is C14H18ClN3OS. The van der Waals surface area contributed by atoms with Crippen molar-refractivity contribution in [1.82, 2.24) is 14.5 Å². The van der Waals surface area contributed by atoms with E-state index in [9.17, 15) is 4.79 Å². The van der Waals surface area contributed by atoms with Crippen molar-refractivity contribution in [3.63, 3.8) is 0 Å². The van der Waals surface area contributed by atoms with Crippen molar-refractivity contribution >= 4 is 34.4 Å². The van der Waals surface area contributed by atoms with Gasteiger partial charge in [-0.15, -0.1) is 11.8 Å². The Morgan fingerprint density at radius 1 is 1.30 bits per heavy atom. The number of H-pyrrole nitrogens is 1. The summed E-state index contributed by atoms with van der Waals surface area (Å²) in [6.45, 7) is 2.28. The van der Waals surface area contributed by atoms with Crippen LogP contribution in [-0.4, -0.2) is 39.8 Å². The number of hydrogen-bond acceptors (Lipinski definition) is 3. The summed E-state index contributed by atoms with van der Waals surface area (Å²) in [5.41, 5.74) is 1.61. The zero-order valence-electron chi connectivity index (χ0n) is 11.6. The van der Waals surface area contributed by atoms with Crippen LogP contribution in [0, 0.1) is 0 Å². The van der Waals surface area contributed by atoms with Crippen molar-refractivity contribution in [3.05, 3.63) is 27.6 Å². The average Bonchev–Trinajstić information content (AvgIpc) is 2.68. The van der Waals surface area contributed by atoms with Crippen LogP contribution in [0.15, 0.2) is 21.8 Å². The van der Waals surface area contributed by atoms with Gasteiger partial charge in [0.1, 0.15) is 0 Å². The van der Waals surface area contributed by atoms with Gasteiger partial charge >= 0.3 is 5.69 Å². The van der Waals surface area contributed by atoms with Gasteiger partial charge in [0.15, 0.2) is 0 Å². The Balaban J connectivity index is 1.89. The second-order valence-electron chi connectivity index (χ2n) is 5.41. The third-order valence-electron chi connectivity index (χ3n) is 3.92. The molecule has 0 spiro atoms. The minimum Gasteiger partial charge on any atom is -0.306 e. The lowest BCUT2D eigenvalue weighted by atomic mass is 10.1. The molecule has 1 aromatic heterocycles. The molecular weight excluding hydrogens is 294 g/mol. The van der Waals surface area contributed by atoms with E-state index in [0.29, 0.717) is 5.25 Å². The fourth-order valence-electron chi connectivity index (χ4n) is 2.60. The highest BCUT2D eigenvalue weighted by molar-refractivity contribution is 8.00. The van der Waals surface area contributed by atoms with Gasteiger partial charge in [-0.1, -0.05) is 11.6 Å². The van der Waals surface area contributed by atoms with Crippen LogP contribution in [0.5, 0.6) is 0 Å². The number of likely N-dealkylation sites (tertiary alicyclic amines) is 1. The van der Waals surface area contributed by atoms with E-state index in [1.807, 2.05) is 23.9 Å². The summed E-state index contributed by atoms with van der Waals surface area (Å²) in [6, 6.07) is 3.88. The van der Waals surface area contributed by atoms with E-state index >= 15 is 0 Å². The van der Waals surface area contributed by atoms with E-state index in [1.165, 1.54) is 12.8 Å². The molecule has 1 N–H and O–H groups in total. The smallest absolute Gasteiger partial charge is 0.306 e. The zero-order chi connectivity index (χ0) is 14.3. The fraction of sp³-hybridized carbons (Fsp3) is 0.500. The van der Waals surface area contributed by atoms with E-state index in [4.69, 9.17) is 11.6 Å². The molecule has 0 bridgehead atoms. The SMILES string of the molecule is CN1CCC(Sc2cc3c(cc2Cl)[nH]c(=O)n3C)CC1. The highest BCUT2D eigenvalue weighted by Gasteiger charge is 2.19. The number of halogens is 1. The molecule has 1 fully saturated rings. The van der Waals surface area contributed by atoms with E-state index in [2.05, 4.69) is 16.9 Å². The van der Waals surface area contributed by atoms with E-state index in [0.717, 1.165) is 34.0 Å². The van der Waals surface area contributed by atoms with Crippen LogP contribution in [-0.2, 0) is 7.05 Å². The number of imidazole rings is 1. The second kappa shape index (κ2) is 5.47. The molecule has 2 aromatic rings. The van der Waals surface area contributed by atoms with Crippen LogP contribution in [0.25, 0.3) is 11.0 Å². The van der Waals surface area contributed by atoms with Crippen LogP contribution < -0.4 is 5.69 Å². The molecule has 1 aliphatic heterocycles. The minimum absolute atomic E-state index is 0.0995. The van der Waals surface area contributed by atoms with Crippen LogP contribution in [0.3, 0.4) is 0 Å². The van der Waals surface area contributed by atoms with Crippen molar-refractivity contribution in [2.24, 2.45) is 7.05 Å². The summed E-state index contributed by atoms with van der Waals surface area (Å²) in [6.07, 6.45) is 2.36. The number of hydrogen-bond donors (Lipinski definition) is 1. The van der Waals surface area contributed by atoms with Gasteiger partial charge in [-0.25, -0.2) is 4.79 Å². The van der Waals surface area contributed by atoms with E-state index in [-0.39, 0.29) is 5.69 Å². The number of thioether (sulfide) groups is 1. The summed E-state index contributed by atoms with van der Waals surface area (Å²) in [5, 5.41) is 1.33. The standard InChI is InChI=1S/C14H18ClN3OS/c1-17-5-3-9(4-6-17)20-13-8-12-11(7-10(13)15)16-14(19)18(12)2/h7-9H,3-6H2,1-2H3,(H,16,19). The average molecular weight is 312 g/mol. The van der Waals surface area contributed by atoms with Crippen molar-refractivity contribution < 1.29 is 0 Å². The molecule has 0 radical (unpaired) electrons. The summed E-state index contributed by atoms with van der Waals surface area (Å²) in [5.74, 6) is 0. The Bertz CT molecular complexity index is 686. The molecule has 0 amide bonds. The number of benzene rings is 1. The van der Waals surface area contributed by atoms with Gasteiger partial charge in [-0.05, 0) is 45.1 Å². The molecule has 1 aromatic carbocycles. The molecule has 0 atom stereocenters. The monoisotopic (exact) mass is 311 g/mol. The quantitative estimate of drug-likeness (QED) is 0.927. The Morgan fingerprint density at radius 2 is 2.00 bits per heavy atom. The molecule has 0 saturated carbocycles. The number of fused-ring (bicyclic) bond motifs is 1. The largest absolute Gasteiger partial charge is 0.326 e. The van der Waals surface area contributed by atoms with Crippen LogP contribution in [0.2, 0.25) is 5.02 Å². The Hall–Kier alpha value is -0.910. The third kappa shape index (κ3) is 2.62. The van der Waals surface area contributed by atoms with Gasteiger partial charge in [0, 0.05) is 17.2 Å². The second-order valence-corrected chi connectivity index (χ2v) is 7.16. The highest BCUT2D eigenvalue weighted by atomic mass is 35.5. The lowest BCUT2D eigenvalue weighted by Gasteiger charge is -2.28. The third-order valence-corrected chi connectivity index (χ3v) is 5.74. The number of nitrogens with zero attached hydrogens (tertiary/aromatic N) is 2. The van der Waals surface area contributed by atoms with Gasteiger partial charge in [-0.2, -0.15) is 0 Å². The first-order valence-electron chi connectivity index (χ1n) is 6.78. The first-order valence-corrected chi connectivity index (χ1v) is 8.04. The molecule has 20 heavy (non-hydrogen) atoms. The maximum atomic E-state index is 11.6. The molecule has 1 saturated heterocycles. The Kier molecular flexibility index (Phi) is 3.84. The highest BCUT2D eigenvalue weighted by Crippen LogP contribution is 2.36. The maximum absolute atomic E-state index is 11.6. The van der Waals surface area contributed by atoms with Crippen molar-refractivity contribution in [1.29, 1.82) is 0 Å². The Morgan fingerprint density at radius 3 is 2.70 bits per heavy atom. The molecule has 1 aliphatic rings. The lowest BCUT2D eigenvalue weighted by Crippen LogP contribution is -2.31. The maximum Gasteiger partial charge on any atom is 0.326 e. The number of nitrogens with one attached hydrogen (secondary N) is 1. The normalized spacial score (nSPS) is 17.9. The number of aryl methyl sites for hydroxylation is 1. The van der Waals surface area contributed by atoms with E-state index < -0.39 is 0 Å². The Labute approximate surface area is 127 Å². The summed E-state index contributed by atoms with van der Waals surface area (Å²) < 4.78 is 1.63. The van der Waals surface area contributed by atoms with Crippen LogP contribution in [0.1, 0.15) is 12.8 Å². The van der Waals surface area contributed by atoms with Gasteiger partial charge in [0.25, 0.3) is 0 Å². The topological polar surface area (TPSA) is 41.0 Å². The molecule has 0 aliphatic carbocycles. The summed E-state index contributed by atoms with van der Waals surface area (Å²) >= 11 is 8.19. The van der Waals surface area contributed by atoms with E-state index in [1.54, 1.807) is 11.6 Å². The molecule has 2 heterocycles. The lowest BCUT2D eigenvalue weighted by molar-refractivity contribution is 0.282. The number of aromatic amines is 1. The summed E-state index contributed by atoms with van der Waals surface area (Å²) in [7, 11) is 3.94. The number of aromatic nitrogens is 2. The van der Waals surface area contributed by atoms with Gasteiger partial charge in [0.05, 0.1) is 16.1 Å².